The Bertz CT molecular complexity index is 437. The highest BCUT2D eigenvalue weighted by Crippen LogP contribution is 2.20. The van der Waals surface area contributed by atoms with Crippen molar-refractivity contribution in [3.63, 3.8) is 0 Å². The molecule has 0 bridgehead atoms. The predicted octanol–water partition coefficient (Wildman–Crippen LogP) is 2.87. The van der Waals surface area contributed by atoms with E-state index in [1.165, 1.54) is 18.2 Å². The van der Waals surface area contributed by atoms with Crippen LogP contribution >= 0.6 is 0 Å². The fourth-order valence-corrected chi connectivity index (χ4v) is 2.54. The first-order chi connectivity index (χ1) is 7.44. The molecule has 2 nitrogen and oxygen atoms in total. The van der Waals surface area contributed by atoms with E-state index in [1.807, 2.05) is 0 Å². The number of hydrogen-bond acceptors (Lipinski definition) is 2. The van der Waals surface area contributed by atoms with Crippen LogP contribution in [0.2, 0.25) is 0 Å². The summed E-state index contributed by atoms with van der Waals surface area (Å²) in [4.78, 5) is 0.480. The molecule has 0 N–H and O–H groups in total. The predicted molar refractivity (Wildman–Crippen MR) is 61.7 cm³/mol. The smallest absolute Gasteiger partial charge is 0.124 e. The number of benzene rings is 1. The van der Waals surface area contributed by atoms with Gasteiger partial charge in [-0.3, -0.25) is 4.21 Å². The van der Waals surface area contributed by atoms with Crippen LogP contribution < -0.4 is 0 Å². The maximum Gasteiger partial charge on any atom is 0.124 e. The van der Waals surface area contributed by atoms with Crippen LogP contribution in [-0.2, 0) is 10.8 Å². The fraction of sp³-hybridized carbons (Fsp3) is 0.417. The van der Waals surface area contributed by atoms with Gasteiger partial charge in [0.05, 0.1) is 22.3 Å². The maximum atomic E-state index is 12.9. The Labute approximate surface area is 97.6 Å². The molecule has 1 rings (SSSR count). The highest BCUT2D eigenvalue weighted by molar-refractivity contribution is 7.85. The van der Waals surface area contributed by atoms with Gasteiger partial charge in [-0.2, -0.15) is 5.26 Å². The molecule has 4 heteroatoms. The summed E-state index contributed by atoms with van der Waals surface area (Å²) >= 11 is 0. The molecule has 86 valence electrons. The summed E-state index contributed by atoms with van der Waals surface area (Å²) in [5, 5.41) is 8.81. The topological polar surface area (TPSA) is 40.9 Å². The van der Waals surface area contributed by atoms with E-state index >= 15 is 0 Å². The zero-order valence-electron chi connectivity index (χ0n) is 9.37. The molecule has 0 saturated heterocycles. The Morgan fingerprint density at radius 2 is 2.19 bits per heavy atom. The first-order valence-corrected chi connectivity index (χ1v) is 6.32. The molecule has 0 spiro atoms. The summed E-state index contributed by atoms with van der Waals surface area (Å²) in [5.41, 5.74) is -0.483. The summed E-state index contributed by atoms with van der Waals surface area (Å²) in [5.74, 6) is -0.00491. The van der Waals surface area contributed by atoms with Crippen LogP contribution in [0.15, 0.2) is 29.2 Å². The molecule has 1 unspecified atom stereocenters. The lowest BCUT2D eigenvalue weighted by molar-refractivity contribution is 0.479. The molecule has 0 fully saturated rings. The van der Waals surface area contributed by atoms with Gasteiger partial charge in [0.15, 0.2) is 0 Å². The maximum absolute atomic E-state index is 12.9. The second-order valence-corrected chi connectivity index (χ2v) is 5.82. The van der Waals surface area contributed by atoms with E-state index in [4.69, 9.17) is 5.26 Å². The molecule has 0 heterocycles. The van der Waals surface area contributed by atoms with Crippen molar-refractivity contribution in [1.82, 2.24) is 0 Å². The summed E-state index contributed by atoms with van der Waals surface area (Å²) < 4.78 is 24.7. The molecule has 1 aromatic rings. The third-order valence-corrected chi connectivity index (χ3v) is 3.63. The van der Waals surface area contributed by atoms with Gasteiger partial charge in [0.2, 0.25) is 0 Å². The second-order valence-electron chi connectivity index (χ2n) is 4.25. The molecule has 16 heavy (non-hydrogen) atoms. The molecular weight excluding hydrogens is 225 g/mol. The van der Waals surface area contributed by atoms with Gasteiger partial charge in [-0.1, -0.05) is 6.07 Å². The zero-order valence-corrected chi connectivity index (χ0v) is 10.2. The van der Waals surface area contributed by atoms with Crippen LogP contribution in [0.1, 0.15) is 20.3 Å². The van der Waals surface area contributed by atoms with E-state index in [0.717, 1.165) is 0 Å². The van der Waals surface area contributed by atoms with Crippen molar-refractivity contribution < 1.29 is 8.60 Å². The number of rotatable bonds is 4. The van der Waals surface area contributed by atoms with Gasteiger partial charge in [0.25, 0.3) is 0 Å². The van der Waals surface area contributed by atoms with Gasteiger partial charge in [-0.15, -0.1) is 0 Å². The Morgan fingerprint density at radius 1 is 1.50 bits per heavy atom. The molecule has 1 aromatic carbocycles. The number of nitrogens with zero attached hydrogens (tertiary/aromatic N) is 1. The highest BCUT2D eigenvalue weighted by Gasteiger charge is 2.18. The second kappa shape index (κ2) is 5.22. The third kappa shape index (κ3) is 3.74. The fourth-order valence-electron chi connectivity index (χ4n) is 1.13. The molecular formula is C12H14FNOS. The summed E-state index contributed by atoms with van der Waals surface area (Å²) in [7, 11) is -1.23. The molecule has 0 radical (unpaired) electrons. The van der Waals surface area contributed by atoms with Crippen molar-refractivity contribution >= 4 is 10.8 Å². The lowest BCUT2D eigenvalue weighted by Crippen LogP contribution is -2.12. The number of hydrogen-bond donors (Lipinski definition) is 0. The van der Waals surface area contributed by atoms with Crippen molar-refractivity contribution in [2.24, 2.45) is 5.41 Å². The highest BCUT2D eigenvalue weighted by atomic mass is 32.2. The Hall–Kier alpha value is -1.21. The van der Waals surface area contributed by atoms with E-state index in [0.29, 0.717) is 17.1 Å². The molecule has 0 amide bonds. The minimum absolute atomic E-state index is 0.379. The molecule has 0 aromatic heterocycles. The first-order valence-electron chi connectivity index (χ1n) is 5.00. The molecule has 0 aliphatic rings. The Morgan fingerprint density at radius 3 is 2.75 bits per heavy atom. The SMILES string of the molecule is CC(C)(C#N)CCS(=O)c1cccc(F)c1. The summed E-state index contributed by atoms with van der Waals surface area (Å²) in [6.07, 6.45) is 0.534. The van der Waals surface area contributed by atoms with Gasteiger partial charge in [-0.25, -0.2) is 4.39 Å². The lowest BCUT2D eigenvalue weighted by Gasteiger charge is -2.13. The quantitative estimate of drug-likeness (QED) is 0.810. The minimum atomic E-state index is -1.23. The van der Waals surface area contributed by atoms with Gasteiger partial charge < -0.3 is 0 Å². The normalized spacial score (nSPS) is 13.1. The van der Waals surface area contributed by atoms with Crippen LogP contribution in [0.4, 0.5) is 4.39 Å². The Balaban J connectivity index is 2.64. The van der Waals surface area contributed by atoms with Crippen molar-refractivity contribution in [3.8, 4) is 6.07 Å². The van der Waals surface area contributed by atoms with Crippen molar-refractivity contribution in [1.29, 1.82) is 5.26 Å². The van der Waals surface area contributed by atoms with Gasteiger partial charge in [0.1, 0.15) is 5.82 Å². The standard InChI is InChI=1S/C12H14FNOS/c1-12(2,9-14)6-7-16(15)11-5-3-4-10(13)8-11/h3-5,8H,6-7H2,1-2H3. The van der Waals surface area contributed by atoms with Gasteiger partial charge in [0, 0.05) is 10.6 Å². The largest absolute Gasteiger partial charge is 0.254 e. The van der Waals surface area contributed by atoms with Crippen molar-refractivity contribution in [3.05, 3.63) is 30.1 Å². The van der Waals surface area contributed by atoms with E-state index in [1.54, 1.807) is 19.9 Å². The summed E-state index contributed by atoms with van der Waals surface area (Å²) in [6.45, 7) is 3.60. The lowest BCUT2D eigenvalue weighted by atomic mass is 9.93. The van der Waals surface area contributed by atoms with Gasteiger partial charge >= 0.3 is 0 Å². The van der Waals surface area contributed by atoms with Crippen LogP contribution in [0.3, 0.4) is 0 Å². The van der Waals surface area contributed by atoms with E-state index in [2.05, 4.69) is 6.07 Å². The van der Waals surface area contributed by atoms with Crippen LogP contribution in [0, 0.1) is 22.6 Å². The number of nitriles is 1. The first kappa shape index (κ1) is 12.9. The van der Waals surface area contributed by atoms with Crippen molar-refractivity contribution in [2.75, 3.05) is 5.75 Å². The van der Waals surface area contributed by atoms with E-state index < -0.39 is 16.2 Å². The van der Waals surface area contributed by atoms with Crippen LogP contribution in [0.25, 0.3) is 0 Å². The van der Waals surface area contributed by atoms with Crippen LogP contribution in [-0.4, -0.2) is 9.96 Å². The minimum Gasteiger partial charge on any atom is -0.254 e. The van der Waals surface area contributed by atoms with Crippen molar-refractivity contribution in [2.45, 2.75) is 25.2 Å². The van der Waals surface area contributed by atoms with E-state index in [-0.39, 0.29) is 5.82 Å². The zero-order chi connectivity index (χ0) is 12.2. The molecule has 0 aliphatic heterocycles. The van der Waals surface area contributed by atoms with Gasteiger partial charge in [-0.05, 0) is 38.5 Å². The van der Waals surface area contributed by atoms with Crippen LogP contribution in [0.5, 0.6) is 0 Å². The molecule has 1 atom stereocenters. The van der Waals surface area contributed by atoms with E-state index in [9.17, 15) is 8.60 Å². The average molecular weight is 239 g/mol. The third-order valence-electron chi connectivity index (χ3n) is 2.27. The molecule has 0 saturated carbocycles. The number of halogens is 1. The summed E-state index contributed by atoms with van der Waals surface area (Å²) in [6, 6.07) is 7.92. The molecule has 0 aliphatic carbocycles. The average Bonchev–Trinajstić information content (AvgIpc) is 2.26. The monoisotopic (exact) mass is 239 g/mol. The Kier molecular flexibility index (Phi) is 4.19.